The lowest BCUT2D eigenvalue weighted by molar-refractivity contribution is -0.111. The van der Waals surface area contributed by atoms with Crippen molar-refractivity contribution in [2.45, 2.75) is 6.92 Å². The summed E-state index contributed by atoms with van der Waals surface area (Å²) >= 11 is 0. The molecule has 0 aliphatic rings. The number of carbonyl (C=O) groups excluding carboxylic acids is 2. The minimum absolute atomic E-state index is 0.181. The van der Waals surface area contributed by atoms with E-state index in [-0.39, 0.29) is 11.5 Å². The topological polar surface area (TPSA) is 94.3 Å². The van der Waals surface area contributed by atoms with Crippen LogP contribution in [0.4, 0.5) is 5.69 Å². The largest absolute Gasteiger partial charge is 0.370 e. The third kappa shape index (κ3) is 4.00. The molecule has 0 aliphatic heterocycles. The first-order valence-electron chi connectivity index (χ1n) is 6.53. The van der Waals surface area contributed by atoms with E-state index in [1.807, 2.05) is 19.1 Å². The van der Waals surface area contributed by atoms with Crippen LogP contribution in [-0.2, 0) is 9.63 Å². The number of rotatable bonds is 4. The third-order valence-corrected chi connectivity index (χ3v) is 2.83. The molecule has 112 valence electrons. The molecule has 1 aromatic carbocycles. The molecule has 0 unspecified atom stereocenters. The Bertz CT molecular complexity index is 726. The SMILES string of the molecule is Cc1cccc(/C=C/C(=O)Nc2ccccc2C(=O)ON)n1. The van der Waals surface area contributed by atoms with Gasteiger partial charge in [-0.05, 0) is 37.3 Å². The number of nitrogens with one attached hydrogen (secondary N) is 1. The molecule has 0 aliphatic carbocycles. The van der Waals surface area contributed by atoms with Crippen LogP contribution >= 0.6 is 0 Å². The van der Waals surface area contributed by atoms with E-state index in [0.717, 1.165) is 5.69 Å². The van der Waals surface area contributed by atoms with Gasteiger partial charge in [-0.2, -0.15) is 5.90 Å². The van der Waals surface area contributed by atoms with Gasteiger partial charge in [0.2, 0.25) is 5.91 Å². The van der Waals surface area contributed by atoms with Crippen LogP contribution in [0.5, 0.6) is 0 Å². The van der Waals surface area contributed by atoms with Gasteiger partial charge in [0.15, 0.2) is 0 Å². The van der Waals surface area contributed by atoms with E-state index in [4.69, 9.17) is 5.90 Å². The van der Waals surface area contributed by atoms with E-state index in [1.54, 1.807) is 30.3 Å². The van der Waals surface area contributed by atoms with Crippen molar-refractivity contribution in [2.75, 3.05) is 5.32 Å². The average molecular weight is 297 g/mol. The molecule has 1 heterocycles. The quantitative estimate of drug-likeness (QED) is 0.665. The Kier molecular flexibility index (Phi) is 5.00. The number of hydrogen-bond donors (Lipinski definition) is 2. The zero-order chi connectivity index (χ0) is 15.9. The number of nitrogens with two attached hydrogens (primary N) is 1. The Morgan fingerprint density at radius 3 is 2.68 bits per heavy atom. The molecular weight excluding hydrogens is 282 g/mol. The first kappa shape index (κ1) is 15.4. The number of aryl methyl sites for hydroxylation is 1. The van der Waals surface area contributed by atoms with Gasteiger partial charge in [0, 0.05) is 11.8 Å². The van der Waals surface area contributed by atoms with Crippen molar-refractivity contribution < 1.29 is 14.4 Å². The number of aromatic nitrogens is 1. The summed E-state index contributed by atoms with van der Waals surface area (Å²) in [6.45, 7) is 1.87. The molecule has 2 rings (SSSR count). The number of para-hydroxylation sites is 1. The van der Waals surface area contributed by atoms with E-state index >= 15 is 0 Å². The summed E-state index contributed by atoms with van der Waals surface area (Å²) in [5.74, 6) is 3.76. The summed E-state index contributed by atoms with van der Waals surface area (Å²) in [6.07, 6.45) is 2.93. The molecular formula is C16H15N3O3. The zero-order valence-electron chi connectivity index (χ0n) is 11.9. The molecule has 0 bridgehead atoms. The standard InChI is InChI=1S/C16H15N3O3/c1-11-5-4-6-12(18-11)9-10-15(20)19-14-8-3-2-7-13(14)16(21)22-17/h2-10H,17H2,1H3,(H,19,20)/b10-9+. The number of amides is 1. The monoisotopic (exact) mass is 297 g/mol. The second kappa shape index (κ2) is 7.14. The van der Waals surface area contributed by atoms with Crippen molar-refractivity contribution in [2.24, 2.45) is 5.90 Å². The Balaban J connectivity index is 2.11. The molecule has 6 nitrogen and oxygen atoms in total. The van der Waals surface area contributed by atoms with Crippen LogP contribution in [0.1, 0.15) is 21.7 Å². The first-order chi connectivity index (χ1) is 10.6. The lowest BCUT2D eigenvalue weighted by Gasteiger charge is -2.07. The highest BCUT2D eigenvalue weighted by atomic mass is 16.7. The second-order valence-electron chi connectivity index (χ2n) is 4.48. The van der Waals surface area contributed by atoms with E-state index < -0.39 is 5.97 Å². The molecule has 0 saturated carbocycles. The van der Waals surface area contributed by atoms with Crippen LogP contribution in [0.15, 0.2) is 48.5 Å². The van der Waals surface area contributed by atoms with Gasteiger partial charge >= 0.3 is 5.97 Å². The minimum atomic E-state index is -0.722. The van der Waals surface area contributed by atoms with Crippen molar-refractivity contribution in [3.05, 3.63) is 65.5 Å². The van der Waals surface area contributed by atoms with Crippen molar-refractivity contribution in [1.82, 2.24) is 4.98 Å². The van der Waals surface area contributed by atoms with Gasteiger partial charge in [-0.1, -0.05) is 18.2 Å². The highest BCUT2D eigenvalue weighted by Crippen LogP contribution is 2.15. The molecule has 1 aromatic heterocycles. The number of pyridine rings is 1. The van der Waals surface area contributed by atoms with E-state index in [0.29, 0.717) is 11.4 Å². The Morgan fingerprint density at radius 2 is 1.95 bits per heavy atom. The maximum absolute atomic E-state index is 11.9. The summed E-state index contributed by atoms with van der Waals surface area (Å²) in [5, 5.41) is 2.60. The highest BCUT2D eigenvalue weighted by molar-refractivity contribution is 6.06. The Labute approximate surface area is 127 Å². The van der Waals surface area contributed by atoms with E-state index in [1.165, 1.54) is 12.1 Å². The molecule has 1 amide bonds. The summed E-state index contributed by atoms with van der Waals surface area (Å²) in [6, 6.07) is 11.9. The number of carbonyl (C=O) groups is 2. The zero-order valence-corrected chi connectivity index (χ0v) is 11.9. The molecule has 0 saturated heterocycles. The lowest BCUT2D eigenvalue weighted by Crippen LogP contribution is -2.15. The third-order valence-electron chi connectivity index (χ3n) is 2.83. The van der Waals surface area contributed by atoms with Crippen LogP contribution < -0.4 is 11.2 Å². The second-order valence-corrected chi connectivity index (χ2v) is 4.48. The fourth-order valence-corrected chi connectivity index (χ4v) is 1.83. The molecule has 22 heavy (non-hydrogen) atoms. The average Bonchev–Trinajstić information content (AvgIpc) is 2.53. The molecule has 3 N–H and O–H groups in total. The maximum Gasteiger partial charge on any atom is 0.358 e. The number of nitrogens with zero attached hydrogens (tertiary/aromatic N) is 1. The maximum atomic E-state index is 11.9. The summed E-state index contributed by atoms with van der Waals surface area (Å²) in [7, 11) is 0. The Hall–Kier alpha value is -2.99. The normalized spacial score (nSPS) is 10.5. The van der Waals surface area contributed by atoms with Gasteiger partial charge in [-0.25, -0.2) is 4.79 Å². The highest BCUT2D eigenvalue weighted by Gasteiger charge is 2.12. The minimum Gasteiger partial charge on any atom is -0.370 e. The van der Waals surface area contributed by atoms with Crippen molar-refractivity contribution in [3.8, 4) is 0 Å². The summed E-state index contributed by atoms with van der Waals surface area (Å²) in [5.41, 5.74) is 2.04. The fraction of sp³-hybridized carbons (Fsp3) is 0.0625. The predicted octanol–water partition coefficient (Wildman–Crippen LogP) is 2.07. The van der Waals surface area contributed by atoms with Gasteiger partial charge in [0.25, 0.3) is 0 Å². The molecule has 0 fully saturated rings. The number of benzene rings is 1. The fourth-order valence-electron chi connectivity index (χ4n) is 1.83. The first-order valence-corrected chi connectivity index (χ1v) is 6.53. The number of anilines is 1. The summed E-state index contributed by atoms with van der Waals surface area (Å²) < 4.78 is 0. The van der Waals surface area contributed by atoms with E-state index in [2.05, 4.69) is 15.1 Å². The van der Waals surface area contributed by atoms with Crippen molar-refractivity contribution in [1.29, 1.82) is 0 Å². The van der Waals surface area contributed by atoms with Crippen LogP contribution in [0.3, 0.4) is 0 Å². The van der Waals surface area contributed by atoms with Crippen molar-refractivity contribution in [3.63, 3.8) is 0 Å². The molecule has 0 atom stereocenters. The van der Waals surface area contributed by atoms with Gasteiger partial charge in [0.05, 0.1) is 16.9 Å². The van der Waals surface area contributed by atoms with Gasteiger partial charge in [-0.3, -0.25) is 9.78 Å². The van der Waals surface area contributed by atoms with Gasteiger partial charge in [-0.15, -0.1) is 0 Å². The molecule has 2 aromatic rings. The molecule has 0 spiro atoms. The van der Waals surface area contributed by atoms with Crippen LogP contribution in [0.25, 0.3) is 6.08 Å². The number of hydrogen-bond acceptors (Lipinski definition) is 5. The summed E-state index contributed by atoms with van der Waals surface area (Å²) in [4.78, 5) is 31.9. The van der Waals surface area contributed by atoms with Crippen LogP contribution in [0.2, 0.25) is 0 Å². The van der Waals surface area contributed by atoms with Gasteiger partial charge < -0.3 is 10.2 Å². The lowest BCUT2D eigenvalue weighted by atomic mass is 10.2. The van der Waals surface area contributed by atoms with Crippen molar-refractivity contribution >= 4 is 23.6 Å². The Morgan fingerprint density at radius 1 is 1.18 bits per heavy atom. The predicted molar refractivity (Wildman–Crippen MR) is 82.7 cm³/mol. The van der Waals surface area contributed by atoms with Gasteiger partial charge in [0.1, 0.15) is 0 Å². The van der Waals surface area contributed by atoms with E-state index in [9.17, 15) is 9.59 Å². The molecule has 0 radical (unpaired) electrons. The van der Waals surface area contributed by atoms with Crippen LogP contribution in [0, 0.1) is 6.92 Å². The van der Waals surface area contributed by atoms with Crippen LogP contribution in [-0.4, -0.2) is 16.9 Å². The smallest absolute Gasteiger partial charge is 0.358 e. The molecule has 6 heteroatoms.